The molecule has 0 amide bonds. The number of benzene rings is 2. The number of halogens is 2. The van der Waals surface area contributed by atoms with Gasteiger partial charge in [0.2, 0.25) is 0 Å². The summed E-state index contributed by atoms with van der Waals surface area (Å²) in [5, 5.41) is 3.50. The summed E-state index contributed by atoms with van der Waals surface area (Å²) in [5.74, 6) is 0. The molecule has 3 rings (SSSR count). The first kappa shape index (κ1) is 16.2. The van der Waals surface area contributed by atoms with E-state index in [0.29, 0.717) is 0 Å². The van der Waals surface area contributed by atoms with E-state index in [1.807, 2.05) is 0 Å². The Labute approximate surface area is 149 Å². The molecule has 1 N–H and O–H groups in total. The van der Waals surface area contributed by atoms with Crippen LogP contribution in [0, 0.1) is 0 Å². The van der Waals surface area contributed by atoms with Crippen molar-refractivity contribution < 1.29 is 0 Å². The Hall–Kier alpha value is -0.680. The van der Waals surface area contributed by atoms with Gasteiger partial charge in [-0.1, -0.05) is 68.3 Å². The molecule has 4 heteroatoms. The molecule has 116 valence electrons. The molecule has 0 saturated carbocycles. The SMILES string of the molecule is Brc1ccccc1C(c1ccccc1Br)N1CCCNCC1. The molecule has 1 heterocycles. The van der Waals surface area contributed by atoms with E-state index in [1.54, 1.807) is 0 Å². The molecule has 0 aliphatic carbocycles. The van der Waals surface area contributed by atoms with Crippen molar-refractivity contribution in [1.82, 2.24) is 10.2 Å². The number of hydrogen-bond acceptors (Lipinski definition) is 2. The lowest BCUT2D eigenvalue weighted by atomic mass is 9.97. The van der Waals surface area contributed by atoms with Gasteiger partial charge in [0.1, 0.15) is 0 Å². The second-order valence-corrected chi connectivity index (χ2v) is 7.29. The first-order valence-electron chi connectivity index (χ1n) is 7.71. The van der Waals surface area contributed by atoms with Gasteiger partial charge in [-0.15, -0.1) is 0 Å². The maximum atomic E-state index is 3.75. The minimum absolute atomic E-state index is 0.269. The zero-order valence-electron chi connectivity index (χ0n) is 12.4. The second kappa shape index (κ2) is 7.73. The summed E-state index contributed by atoms with van der Waals surface area (Å²) in [6.45, 7) is 4.33. The van der Waals surface area contributed by atoms with Crippen LogP contribution in [0.2, 0.25) is 0 Å². The van der Waals surface area contributed by atoms with Crippen molar-refractivity contribution in [2.75, 3.05) is 26.2 Å². The largest absolute Gasteiger partial charge is 0.315 e. The lowest BCUT2D eigenvalue weighted by molar-refractivity contribution is 0.240. The molecule has 1 aliphatic heterocycles. The van der Waals surface area contributed by atoms with Crippen molar-refractivity contribution in [3.63, 3.8) is 0 Å². The predicted molar refractivity (Wildman–Crippen MR) is 99.2 cm³/mol. The van der Waals surface area contributed by atoms with Crippen LogP contribution in [0.5, 0.6) is 0 Å². The molecule has 2 nitrogen and oxygen atoms in total. The monoisotopic (exact) mass is 422 g/mol. The van der Waals surface area contributed by atoms with E-state index in [0.717, 1.165) is 26.2 Å². The van der Waals surface area contributed by atoms with Crippen LogP contribution >= 0.6 is 31.9 Å². The molecule has 0 spiro atoms. The molecular weight excluding hydrogens is 404 g/mol. The van der Waals surface area contributed by atoms with Gasteiger partial charge in [0.15, 0.2) is 0 Å². The van der Waals surface area contributed by atoms with Crippen LogP contribution in [0.25, 0.3) is 0 Å². The Morgan fingerprint density at radius 3 is 2.00 bits per heavy atom. The van der Waals surface area contributed by atoms with E-state index in [2.05, 4.69) is 90.6 Å². The molecule has 0 atom stereocenters. The minimum atomic E-state index is 0.269. The Kier molecular flexibility index (Phi) is 5.69. The van der Waals surface area contributed by atoms with Crippen LogP contribution in [0.15, 0.2) is 57.5 Å². The van der Waals surface area contributed by atoms with Gasteiger partial charge in [-0.3, -0.25) is 4.90 Å². The van der Waals surface area contributed by atoms with Crippen molar-refractivity contribution in [1.29, 1.82) is 0 Å². The third kappa shape index (κ3) is 3.62. The molecule has 2 aromatic rings. The summed E-state index contributed by atoms with van der Waals surface area (Å²) in [5.41, 5.74) is 2.66. The van der Waals surface area contributed by atoms with Crippen LogP contribution in [0.4, 0.5) is 0 Å². The number of rotatable bonds is 3. The first-order valence-corrected chi connectivity index (χ1v) is 9.29. The smallest absolute Gasteiger partial charge is 0.0624 e. The molecule has 22 heavy (non-hydrogen) atoms. The van der Waals surface area contributed by atoms with Crippen molar-refractivity contribution in [2.45, 2.75) is 12.5 Å². The summed E-state index contributed by atoms with van der Waals surface area (Å²) < 4.78 is 2.35. The van der Waals surface area contributed by atoms with Crippen LogP contribution in [0.1, 0.15) is 23.6 Å². The van der Waals surface area contributed by atoms with E-state index in [-0.39, 0.29) is 6.04 Å². The van der Waals surface area contributed by atoms with Gasteiger partial charge in [0.05, 0.1) is 6.04 Å². The zero-order valence-corrected chi connectivity index (χ0v) is 15.6. The zero-order chi connectivity index (χ0) is 15.4. The molecule has 0 aromatic heterocycles. The first-order chi connectivity index (χ1) is 10.8. The van der Waals surface area contributed by atoms with Crippen LogP contribution < -0.4 is 5.32 Å². The average molecular weight is 424 g/mol. The molecule has 1 fully saturated rings. The molecule has 0 bridgehead atoms. The van der Waals surface area contributed by atoms with Gasteiger partial charge < -0.3 is 5.32 Å². The van der Waals surface area contributed by atoms with Crippen molar-refractivity contribution in [3.8, 4) is 0 Å². The third-order valence-corrected chi connectivity index (χ3v) is 5.58. The highest BCUT2D eigenvalue weighted by atomic mass is 79.9. The van der Waals surface area contributed by atoms with Gasteiger partial charge in [0, 0.05) is 28.6 Å². The van der Waals surface area contributed by atoms with Crippen LogP contribution in [-0.4, -0.2) is 31.1 Å². The van der Waals surface area contributed by atoms with E-state index >= 15 is 0 Å². The summed E-state index contributed by atoms with van der Waals surface area (Å²) in [6.07, 6.45) is 1.19. The Bertz CT molecular complexity index is 576. The van der Waals surface area contributed by atoms with E-state index in [4.69, 9.17) is 0 Å². The van der Waals surface area contributed by atoms with Gasteiger partial charge in [-0.2, -0.15) is 0 Å². The molecule has 0 unspecified atom stereocenters. The van der Waals surface area contributed by atoms with Crippen LogP contribution in [-0.2, 0) is 0 Å². The summed E-state index contributed by atoms with van der Waals surface area (Å²) in [7, 11) is 0. The number of hydrogen-bond donors (Lipinski definition) is 1. The normalized spacial score (nSPS) is 16.7. The highest BCUT2D eigenvalue weighted by Gasteiger charge is 2.26. The lowest BCUT2D eigenvalue weighted by Gasteiger charge is -2.32. The Morgan fingerprint density at radius 1 is 0.818 bits per heavy atom. The number of nitrogens with zero attached hydrogens (tertiary/aromatic N) is 1. The molecule has 1 saturated heterocycles. The highest BCUT2D eigenvalue weighted by molar-refractivity contribution is 9.10. The summed E-state index contributed by atoms with van der Waals surface area (Å²) in [4.78, 5) is 2.58. The van der Waals surface area contributed by atoms with Gasteiger partial charge in [-0.05, 0) is 36.2 Å². The molecular formula is C18H20Br2N2. The predicted octanol–water partition coefficient (Wildman–Crippen LogP) is 4.60. The van der Waals surface area contributed by atoms with Gasteiger partial charge >= 0.3 is 0 Å². The van der Waals surface area contributed by atoms with Crippen molar-refractivity contribution in [2.24, 2.45) is 0 Å². The average Bonchev–Trinajstić information content (AvgIpc) is 2.80. The fourth-order valence-corrected chi connectivity index (χ4v) is 4.08. The molecule has 1 aliphatic rings. The minimum Gasteiger partial charge on any atom is -0.315 e. The van der Waals surface area contributed by atoms with Crippen LogP contribution in [0.3, 0.4) is 0 Å². The van der Waals surface area contributed by atoms with Gasteiger partial charge in [0.25, 0.3) is 0 Å². The maximum Gasteiger partial charge on any atom is 0.0624 e. The lowest BCUT2D eigenvalue weighted by Crippen LogP contribution is -2.33. The molecule has 0 radical (unpaired) electrons. The quantitative estimate of drug-likeness (QED) is 0.776. The standard InChI is InChI=1S/C18H20Br2N2/c19-16-8-3-1-6-14(16)18(15-7-2-4-9-17(15)20)22-12-5-10-21-11-13-22/h1-4,6-9,18,21H,5,10-13H2. The summed E-state index contributed by atoms with van der Waals surface area (Å²) in [6, 6.07) is 17.4. The van der Waals surface area contributed by atoms with E-state index in [1.165, 1.54) is 26.5 Å². The number of nitrogens with one attached hydrogen (secondary N) is 1. The third-order valence-electron chi connectivity index (χ3n) is 4.14. The fraction of sp³-hybridized carbons (Fsp3) is 0.333. The summed E-state index contributed by atoms with van der Waals surface area (Å²) >= 11 is 7.49. The van der Waals surface area contributed by atoms with Crippen molar-refractivity contribution >= 4 is 31.9 Å². The van der Waals surface area contributed by atoms with Crippen molar-refractivity contribution in [3.05, 3.63) is 68.6 Å². The second-order valence-electron chi connectivity index (χ2n) is 5.59. The Balaban J connectivity index is 2.06. The topological polar surface area (TPSA) is 15.3 Å². The van der Waals surface area contributed by atoms with Gasteiger partial charge in [-0.25, -0.2) is 0 Å². The van der Waals surface area contributed by atoms with E-state index < -0.39 is 0 Å². The Morgan fingerprint density at radius 2 is 1.41 bits per heavy atom. The molecule has 2 aromatic carbocycles. The fourth-order valence-electron chi connectivity index (χ4n) is 3.08. The maximum absolute atomic E-state index is 3.75. The van der Waals surface area contributed by atoms with E-state index in [9.17, 15) is 0 Å². The highest BCUT2D eigenvalue weighted by Crippen LogP contribution is 2.37.